The Kier molecular flexibility index (Phi) is 6.15. The van der Waals surface area contributed by atoms with Gasteiger partial charge in [-0.05, 0) is 32.9 Å². The molecule has 0 aromatic carbocycles. The first kappa shape index (κ1) is 21.6. The average molecular weight is 440 g/mol. The minimum atomic E-state index is 0.263. The van der Waals surface area contributed by atoms with Gasteiger partial charge in [-0.15, -0.1) is 11.8 Å². The summed E-state index contributed by atoms with van der Waals surface area (Å²) in [5.74, 6) is 1.99. The van der Waals surface area contributed by atoms with E-state index in [-0.39, 0.29) is 5.95 Å². The van der Waals surface area contributed by atoms with Crippen LogP contribution in [-0.2, 0) is 6.54 Å². The molecule has 3 aromatic heterocycles. The van der Waals surface area contributed by atoms with Crippen LogP contribution in [0.5, 0.6) is 5.75 Å². The number of pyridine rings is 1. The Morgan fingerprint density at radius 1 is 1.29 bits per heavy atom. The van der Waals surface area contributed by atoms with Crippen molar-refractivity contribution in [2.75, 3.05) is 25.1 Å². The molecule has 0 radical (unpaired) electrons. The van der Waals surface area contributed by atoms with E-state index < -0.39 is 0 Å². The van der Waals surface area contributed by atoms with Gasteiger partial charge in [0.2, 0.25) is 5.95 Å². The standard InChI is InChI=1S/C22H29N7OS/c1-12(2)24-7-6-15-8-16-18-20(26-22(23)27-21(18)31-11-15)29(28-16)10-17-14(4)19(30-5)13(3)9-25-17/h8-9,12,24H,6-7,10-11H2,1-5H3,(H2,23,26,27). The zero-order valence-corrected chi connectivity index (χ0v) is 19.5. The summed E-state index contributed by atoms with van der Waals surface area (Å²) in [4.78, 5) is 13.7. The predicted octanol–water partition coefficient (Wildman–Crippen LogP) is 3.35. The van der Waals surface area contributed by atoms with Crippen molar-refractivity contribution in [3.05, 3.63) is 34.3 Å². The molecule has 0 aliphatic carbocycles. The van der Waals surface area contributed by atoms with E-state index in [1.54, 1.807) is 18.9 Å². The fraction of sp³-hybridized carbons (Fsp3) is 0.455. The molecule has 31 heavy (non-hydrogen) atoms. The van der Waals surface area contributed by atoms with Gasteiger partial charge in [-0.2, -0.15) is 10.1 Å². The minimum Gasteiger partial charge on any atom is -0.496 e. The van der Waals surface area contributed by atoms with Crippen molar-refractivity contribution >= 4 is 34.8 Å². The number of aromatic nitrogens is 5. The third kappa shape index (κ3) is 4.38. The molecule has 0 spiro atoms. The van der Waals surface area contributed by atoms with Crippen LogP contribution in [0.3, 0.4) is 0 Å². The molecule has 0 atom stereocenters. The molecule has 9 heteroatoms. The molecular weight excluding hydrogens is 410 g/mol. The number of ether oxygens (including phenoxy) is 1. The SMILES string of the molecule is COc1c(C)cnc(Cn2nc3c4c(nc(N)nc42)SCC(CCNC(C)C)=C3)c1C. The second-order valence-electron chi connectivity index (χ2n) is 8.12. The van der Waals surface area contributed by atoms with Gasteiger partial charge in [0.25, 0.3) is 0 Å². The summed E-state index contributed by atoms with van der Waals surface area (Å²) in [6.45, 7) is 9.75. The lowest BCUT2D eigenvalue weighted by molar-refractivity contribution is 0.406. The van der Waals surface area contributed by atoms with Gasteiger partial charge in [0.1, 0.15) is 10.8 Å². The number of thioether (sulfide) groups is 1. The number of nitrogens with zero attached hydrogens (tertiary/aromatic N) is 5. The molecule has 0 fully saturated rings. The molecule has 4 rings (SSSR count). The first-order valence-electron chi connectivity index (χ1n) is 10.5. The molecule has 0 unspecified atom stereocenters. The van der Waals surface area contributed by atoms with E-state index >= 15 is 0 Å². The van der Waals surface area contributed by atoms with Gasteiger partial charge in [0.15, 0.2) is 5.65 Å². The summed E-state index contributed by atoms with van der Waals surface area (Å²) < 4.78 is 7.44. The second-order valence-corrected chi connectivity index (χ2v) is 9.09. The van der Waals surface area contributed by atoms with E-state index in [2.05, 4.69) is 40.2 Å². The Bertz CT molecular complexity index is 1150. The third-order valence-corrected chi connectivity index (χ3v) is 6.47. The molecule has 0 saturated heterocycles. The highest BCUT2D eigenvalue weighted by atomic mass is 32.2. The molecule has 1 aliphatic heterocycles. The lowest BCUT2D eigenvalue weighted by Crippen LogP contribution is -2.24. The normalized spacial score (nSPS) is 13.5. The van der Waals surface area contributed by atoms with Crippen LogP contribution >= 0.6 is 11.8 Å². The van der Waals surface area contributed by atoms with Gasteiger partial charge in [0, 0.05) is 29.1 Å². The zero-order valence-electron chi connectivity index (χ0n) is 18.7. The third-order valence-electron chi connectivity index (χ3n) is 5.39. The number of aryl methyl sites for hydroxylation is 1. The van der Waals surface area contributed by atoms with E-state index in [0.717, 1.165) is 63.0 Å². The van der Waals surface area contributed by atoms with Crippen molar-refractivity contribution in [2.45, 2.75) is 51.7 Å². The van der Waals surface area contributed by atoms with Crippen molar-refractivity contribution in [2.24, 2.45) is 0 Å². The predicted molar refractivity (Wildman–Crippen MR) is 126 cm³/mol. The first-order valence-corrected chi connectivity index (χ1v) is 11.4. The van der Waals surface area contributed by atoms with E-state index in [0.29, 0.717) is 12.6 Å². The molecule has 0 amide bonds. The van der Waals surface area contributed by atoms with E-state index in [4.69, 9.17) is 15.6 Å². The summed E-state index contributed by atoms with van der Waals surface area (Å²) >= 11 is 1.70. The summed E-state index contributed by atoms with van der Waals surface area (Å²) in [6, 6.07) is 0.468. The van der Waals surface area contributed by atoms with E-state index in [9.17, 15) is 0 Å². The van der Waals surface area contributed by atoms with Crippen molar-refractivity contribution in [3.63, 3.8) is 0 Å². The van der Waals surface area contributed by atoms with Gasteiger partial charge < -0.3 is 15.8 Å². The topological polar surface area (TPSA) is 104 Å². The maximum Gasteiger partial charge on any atom is 0.223 e. The summed E-state index contributed by atoms with van der Waals surface area (Å²) in [7, 11) is 1.68. The van der Waals surface area contributed by atoms with E-state index in [1.165, 1.54) is 5.57 Å². The fourth-order valence-corrected chi connectivity index (χ4v) is 4.88. The second kappa shape index (κ2) is 8.84. The number of rotatable bonds is 7. The smallest absolute Gasteiger partial charge is 0.223 e. The van der Waals surface area contributed by atoms with Crippen LogP contribution in [0.2, 0.25) is 0 Å². The highest BCUT2D eigenvalue weighted by Crippen LogP contribution is 2.35. The summed E-state index contributed by atoms with van der Waals surface area (Å²) in [6.07, 6.45) is 4.98. The molecule has 0 saturated carbocycles. The molecule has 164 valence electrons. The van der Waals surface area contributed by atoms with Crippen molar-refractivity contribution in [3.8, 4) is 5.75 Å². The number of nitrogen functional groups attached to an aromatic ring is 1. The first-order chi connectivity index (χ1) is 14.9. The van der Waals surface area contributed by atoms with Gasteiger partial charge >= 0.3 is 0 Å². The molecule has 3 aromatic rings. The van der Waals surface area contributed by atoms with Gasteiger partial charge in [-0.3, -0.25) is 4.98 Å². The quantitative estimate of drug-likeness (QED) is 0.540. The Balaban J connectivity index is 1.74. The molecule has 1 aliphatic rings. The molecule has 4 heterocycles. The van der Waals surface area contributed by atoms with Gasteiger partial charge in [0.05, 0.1) is 30.4 Å². The summed E-state index contributed by atoms with van der Waals surface area (Å²) in [5.41, 5.74) is 11.9. The minimum absolute atomic E-state index is 0.263. The lowest BCUT2D eigenvalue weighted by atomic mass is 10.1. The van der Waals surface area contributed by atoms with Crippen molar-refractivity contribution in [1.82, 2.24) is 30.0 Å². The maximum atomic E-state index is 6.05. The van der Waals surface area contributed by atoms with Gasteiger partial charge in [-0.25, -0.2) is 9.67 Å². The highest BCUT2D eigenvalue weighted by Gasteiger charge is 2.22. The Labute approximate surface area is 186 Å². The fourth-order valence-electron chi connectivity index (χ4n) is 3.83. The molecule has 8 nitrogen and oxygen atoms in total. The van der Waals surface area contributed by atoms with Crippen LogP contribution in [0.4, 0.5) is 5.95 Å². The van der Waals surface area contributed by atoms with Crippen LogP contribution < -0.4 is 15.8 Å². The Hall–Kier alpha value is -2.65. The van der Waals surface area contributed by atoms with Gasteiger partial charge in [-0.1, -0.05) is 19.4 Å². The summed E-state index contributed by atoms with van der Waals surface area (Å²) in [5, 5.41) is 10.2. The van der Waals surface area contributed by atoms with Crippen molar-refractivity contribution in [1.29, 1.82) is 0 Å². The molecular formula is C22H29N7OS. The van der Waals surface area contributed by atoms with Crippen LogP contribution in [0.1, 0.15) is 42.8 Å². The highest BCUT2D eigenvalue weighted by molar-refractivity contribution is 7.99. The van der Waals surface area contributed by atoms with Crippen LogP contribution in [0, 0.1) is 13.8 Å². The number of hydrogen-bond donors (Lipinski definition) is 2. The van der Waals surface area contributed by atoms with Crippen LogP contribution in [0.15, 0.2) is 16.8 Å². The Morgan fingerprint density at radius 3 is 2.84 bits per heavy atom. The number of hydrogen-bond acceptors (Lipinski definition) is 8. The zero-order chi connectivity index (χ0) is 22.1. The monoisotopic (exact) mass is 439 g/mol. The number of methoxy groups -OCH3 is 1. The molecule has 3 N–H and O–H groups in total. The Morgan fingerprint density at radius 2 is 2.10 bits per heavy atom. The number of nitrogens with two attached hydrogens (primary N) is 1. The maximum absolute atomic E-state index is 6.05. The van der Waals surface area contributed by atoms with E-state index in [1.807, 2.05) is 24.7 Å². The van der Waals surface area contributed by atoms with Crippen molar-refractivity contribution < 1.29 is 4.74 Å². The van der Waals surface area contributed by atoms with Crippen LogP contribution in [0.25, 0.3) is 17.1 Å². The number of nitrogens with one attached hydrogen (secondary N) is 1. The largest absolute Gasteiger partial charge is 0.496 e. The van der Waals surface area contributed by atoms with Crippen LogP contribution in [-0.4, -0.2) is 50.2 Å². The number of anilines is 1. The molecule has 0 bridgehead atoms. The lowest BCUT2D eigenvalue weighted by Gasteiger charge is -2.13. The average Bonchev–Trinajstić information content (AvgIpc) is 2.94.